The highest BCUT2D eigenvalue weighted by Gasteiger charge is 2.52. The predicted octanol–water partition coefficient (Wildman–Crippen LogP) is 2.61. The zero-order valence-electron chi connectivity index (χ0n) is 16.1. The fourth-order valence-electron chi connectivity index (χ4n) is 3.64. The third-order valence-corrected chi connectivity index (χ3v) is 5.21. The number of anilines is 2. The Morgan fingerprint density at radius 1 is 0.700 bits per heavy atom. The molecule has 2 aliphatic heterocycles. The number of rotatable bonds is 4. The second-order valence-electron chi connectivity index (χ2n) is 7.23. The van der Waals surface area contributed by atoms with Gasteiger partial charge in [-0.2, -0.15) is 0 Å². The van der Waals surface area contributed by atoms with E-state index in [-0.39, 0.29) is 11.8 Å². The van der Waals surface area contributed by atoms with Crippen LogP contribution in [0, 0.1) is 11.8 Å². The number of fused-ring (bicyclic) bond motifs is 2. The molecule has 2 atom stereocenters. The molecule has 5 rings (SSSR count). The number of ether oxygens (including phenoxy) is 4. The minimum Gasteiger partial charge on any atom is -0.486 e. The lowest BCUT2D eigenvalue weighted by Gasteiger charge is -2.19. The van der Waals surface area contributed by atoms with E-state index in [4.69, 9.17) is 18.9 Å². The second kappa shape index (κ2) is 7.29. The fourth-order valence-corrected chi connectivity index (χ4v) is 3.64. The molecule has 1 fully saturated rings. The van der Waals surface area contributed by atoms with Crippen molar-refractivity contribution in [1.29, 1.82) is 0 Å². The predicted molar refractivity (Wildman–Crippen MR) is 108 cm³/mol. The lowest BCUT2D eigenvalue weighted by molar-refractivity contribution is -0.122. The van der Waals surface area contributed by atoms with Gasteiger partial charge in [0.15, 0.2) is 23.0 Å². The van der Waals surface area contributed by atoms with Crippen LogP contribution in [-0.4, -0.2) is 38.2 Å². The molecule has 0 saturated heterocycles. The third kappa shape index (κ3) is 3.41. The molecule has 0 spiro atoms. The number of benzene rings is 2. The van der Waals surface area contributed by atoms with Crippen LogP contribution >= 0.6 is 0 Å². The first-order valence-electron chi connectivity index (χ1n) is 9.70. The monoisotopic (exact) mass is 408 g/mol. The van der Waals surface area contributed by atoms with Gasteiger partial charge in [-0.3, -0.25) is 9.59 Å². The summed E-state index contributed by atoms with van der Waals surface area (Å²) in [4.78, 5) is 25.3. The van der Waals surface area contributed by atoms with Crippen molar-refractivity contribution in [3.05, 3.63) is 48.6 Å². The maximum absolute atomic E-state index is 12.7. The molecule has 8 nitrogen and oxygen atoms in total. The minimum atomic E-state index is -0.574. The van der Waals surface area contributed by atoms with E-state index in [0.717, 1.165) is 0 Å². The Morgan fingerprint density at radius 2 is 1.10 bits per heavy atom. The lowest BCUT2D eigenvalue weighted by atomic mass is 10.2. The van der Waals surface area contributed by atoms with Gasteiger partial charge in [0.25, 0.3) is 0 Å². The molecule has 2 amide bonds. The third-order valence-electron chi connectivity index (χ3n) is 5.21. The molecule has 0 radical (unpaired) electrons. The quantitative estimate of drug-likeness (QED) is 0.756. The first kappa shape index (κ1) is 18.4. The summed E-state index contributed by atoms with van der Waals surface area (Å²) in [5, 5.41) is 5.64. The summed E-state index contributed by atoms with van der Waals surface area (Å²) in [7, 11) is 0. The highest BCUT2D eigenvalue weighted by Crippen LogP contribution is 2.46. The average Bonchev–Trinajstić information content (AvgIpc) is 3.45. The van der Waals surface area contributed by atoms with Crippen molar-refractivity contribution in [2.24, 2.45) is 11.8 Å². The molecule has 0 aromatic heterocycles. The Morgan fingerprint density at radius 3 is 1.53 bits per heavy atom. The van der Waals surface area contributed by atoms with E-state index in [1.165, 1.54) is 0 Å². The molecule has 2 heterocycles. The van der Waals surface area contributed by atoms with Crippen LogP contribution in [0.1, 0.15) is 0 Å². The van der Waals surface area contributed by atoms with Crippen LogP contribution < -0.4 is 29.6 Å². The Balaban J connectivity index is 1.22. The van der Waals surface area contributed by atoms with Gasteiger partial charge in [-0.1, -0.05) is 12.2 Å². The van der Waals surface area contributed by atoms with Crippen molar-refractivity contribution in [1.82, 2.24) is 0 Å². The van der Waals surface area contributed by atoms with Gasteiger partial charge < -0.3 is 29.6 Å². The van der Waals surface area contributed by atoms with Gasteiger partial charge in [-0.05, 0) is 24.3 Å². The fraction of sp³-hybridized carbons (Fsp3) is 0.273. The Kier molecular flexibility index (Phi) is 4.46. The molecular weight excluding hydrogens is 388 g/mol. The van der Waals surface area contributed by atoms with Crippen molar-refractivity contribution in [2.75, 3.05) is 37.1 Å². The van der Waals surface area contributed by atoms with Crippen LogP contribution in [0.15, 0.2) is 48.6 Å². The van der Waals surface area contributed by atoms with Gasteiger partial charge in [-0.15, -0.1) is 0 Å². The van der Waals surface area contributed by atoms with Gasteiger partial charge in [0.1, 0.15) is 26.4 Å². The van der Waals surface area contributed by atoms with E-state index in [0.29, 0.717) is 66.4 Å². The van der Waals surface area contributed by atoms with Crippen LogP contribution in [0.5, 0.6) is 23.0 Å². The zero-order chi connectivity index (χ0) is 20.7. The number of nitrogens with one attached hydrogen (secondary N) is 2. The van der Waals surface area contributed by atoms with E-state index < -0.39 is 11.8 Å². The molecule has 2 aromatic carbocycles. The van der Waals surface area contributed by atoms with E-state index >= 15 is 0 Å². The largest absolute Gasteiger partial charge is 0.486 e. The summed E-state index contributed by atoms with van der Waals surface area (Å²) in [5.41, 5.74) is 1.74. The van der Waals surface area contributed by atoms with Crippen LogP contribution in [0.25, 0.3) is 0 Å². The lowest BCUT2D eigenvalue weighted by Crippen LogP contribution is -2.21. The van der Waals surface area contributed by atoms with Crippen molar-refractivity contribution in [3.63, 3.8) is 0 Å². The van der Waals surface area contributed by atoms with Crippen LogP contribution in [0.3, 0.4) is 0 Å². The van der Waals surface area contributed by atoms with E-state index in [1.807, 2.05) is 0 Å². The van der Waals surface area contributed by atoms with E-state index in [9.17, 15) is 9.59 Å². The van der Waals surface area contributed by atoms with Gasteiger partial charge in [-0.25, -0.2) is 0 Å². The minimum absolute atomic E-state index is 0.279. The molecule has 1 aliphatic carbocycles. The summed E-state index contributed by atoms with van der Waals surface area (Å²) < 4.78 is 22.0. The standard InChI is InChI=1S/C22H20N2O6/c1-12-19(21(25)23-13-2-4-15-17(10-13)29-8-6-27-15)20(12)22(26)24-14-3-5-16-18(11-14)30-9-7-28-16/h2-5,10-11,19-20H,1,6-9H2,(H,23,25)(H,24,26)/t19-,20+. The average molecular weight is 408 g/mol. The maximum atomic E-state index is 12.7. The molecular formula is C22H20N2O6. The molecule has 1 saturated carbocycles. The number of hydrogen-bond donors (Lipinski definition) is 2. The molecule has 154 valence electrons. The summed E-state index contributed by atoms with van der Waals surface area (Å²) in [6, 6.07) is 10.4. The molecule has 30 heavy (non-hydrogen) atoms. The van der Waals surface area contributed by atoms with Crippen molar-refractivity contribution < 1.29 is 28.5 Å². The van der Waals surface area contributed by atoms with E-state index in [1.54, 1.807) is 36.4 Å². The summed E-state index contributed by atoms with van der Waals surface area (Å²) in [6.45, 7) is 5.81. The number of carbonyl (C=O) groups is 2. The molecule has 2 N–H and O–H groups in total. The first-order valence-corrected chi connectivity index (χ1v) is 9.70. The summed E-state index contributed by atoms with van der Waals surface area (Å²) in [6.07, 6.45) is 0. The smallest absolute Gasteiger partial charge is 0.232 e. The molecule has 3 aliphatic rings. The molecule has 2 aromatic rings. The van der Waals surface area contributed by atoms with Gasteiger partial charge in [0, 0.05) is 23.5 Å². The van der Waals surface area contributed by atoms with Crippen molar-refractivity contribution in [2.45, 2.75) is 0 Å². The molecule has 0 bridgehead atoms. The highest BCUT2D eigenvalue weighted by atomic mass is 16.6. The number of amides is 2. The Labute approximate surface area is 172 Å². The van der Waals surface area contributed by atoms with Crippen LogP contribution in [0.4, 0.5) is 11.4 Å². The normalized spacial score (nSPS) is 20.9. The second-order valence-corrected chi connectivity index (χ2v) is 7.23. The number of hydrogen-bond acceptors (Lipinski definition) is 6. The van der Waals surface area contributed by atoms with Crippen LogP contribution in [-0.2, 0) is 9.59 Å². The van der Waals surface area contributed by atoms with Gasteiger partial charge >= 0.3 is 0 Å². The molecule has 0 unspecified atom stereocenters. The Hall–Kier alpha value is -3.68. The number of carbonyl (C=O) groups excluding carboxylic acids is 2. The van der Waals surface area contributed by atoms with Gasteiger partial charge in [0.05, 0.1) is 11.8 Å². The maximum Gasteiger partial charge on any atom is 0.232 e. The first-order chi connectivity index (χ1) is 14.6. The Bertz CT molecular complexity index is 968. The van der Waals surface area contributed by atoms with Gasteiger partial charge in [0.2, 0.25) is 11.8 Å². The summed E-state index contributed by atoms with van der Waals surface area (Å²) in [5.74, 6) is 0.755. The van der Waals surface area contributed by atoms with E-state index in [2.05, 4.69) is 17.2 Å². The van der Waals surface area contributed by atoms with Crippen molar-refractivity contribution in [3.8, 4) is 23.0 Å². The SMILES string of the molecule is C=C1[C@H](C(=O)Nc2ccc3c(c2)OCCO3)[C@@H]1C(=O)Nc1ccc2c(c1)OCCO2. The summed E-state index contributed by atoms with van der Waals surface area (Å²) >= 11 is 0. The van der Waals surface area contributed by atoms with Crippen molar-refractivity contribution >= 4 is 23.2 Å². The highest BCUT2D eigenvalue weighted by molar-refractivity contribution is 6.08. The van der Waals surface area contributed by atoms with Crippen LogP contribution in [0.2, 0.25) is 0 Å². The molecule has 8 heteroatoms. The topological polar surface area (TPSA) is 95.1 Å². The zero-order valence-corrected chi connectivity index (χ0v) is 16.1.